The Morgan fingerprint density at radius 3 is 2.85 bits per heavy atom. The van der Waals surface area contributed by atoms with Crippen LogP contribution in [0, 0.1) is 5.92 Å². The molecule has 100 valence electrons. The number of hydrogen-bond acceptors (Lipinski definition) is 4. The molecule has 0 atom stereocenters. The number of nitrogens with one attached hydrogen (secondary N) is 1. The van der Waals surface area contributed by atoms with E-state index in [2.05, 4.69) is 38.7 Å². The first-order chi connectivity index (χ1) is 9.90. The zero-order chi connectivity index (χ0) is 13.4. The Kier molecular flexibility index (Phi) is 2.62. The van der Waals surface area contributed by atoms with Gasteiger partial charge >= 0.3 is 0 Å². The van der Waals surface area contributed by atoms with Gasteiger partial charge in [0, 0.05) is 18.2 Å². The second-order valence-electron chi connectivity index (χ2n) is 5.22. The zero-order valence-corrected chi connectivity index (χ0v) is 11.0. The quantitative estimate of drug-likeness (QED) is 0.788. The van der Waals surface area contributed by atoms with Crippen molar-refractivity contribution in [2.45, 2.75) is 12.8 Å². The number of nitrogens with zero attached hydrogens (tertiary/aromatic N) is 4. The largest absolute Gasteiger partial charge is 0.371 e. The van der Waals surface area contributed by atoms with E-state index in [1.54, 1.807) is 6.33 Å². The highest BCUT2D eigenvalue weighted by atomic mass is 15.3. The molecule has 5 nitrogen and oxygen atoms in total. The SMILES string of the molecule is c1ccc(-c2cc(NCC3CC3)n3cnnc3n2)cc1. The first-order valence-electron chi connectivity index (χ1n) is 6.90. The summed E-state index contributed by atoms with van der Waals surface area (Å²) in [6.07, 6.45) is 4.36. The summed E-state index contributed by atoms with van der Waals surface area (Å²) in [4.78, 5) is 4.56. The van der Waals surface area contributed by atoms with Gasteiger partial charge in [-0.15, -0.1) is 10.2 Å². The number of rotatable bonds is 4. The number of aromatic nitrogens is 4. The summed E-state index contributed by atoms with van der Waals surface area (Å²) < 4.78 is 1.90. The zero-order valence-electron chi connectivity index (χ0n) is 11.0. The minimum atomic E-state index is 0.629. The Balaban J connectivity index is 1.77. The summed E-state index contributed by atoms with van der Waals surface area (Å²) in [6, 6.07) is 12.2. The van der Waals surface area contributed by atoms with Gasteiger partial charge in [-0.05, 0) is 18.8 Å². The summed E-state index contributed by atoms with van der Waals surface area (Å²) >= 11 is 0. The lowest BCUT2D eigenvalue weighted by molar-refractivity contribution is 0.876. The Morgan fingerprint density at radius 2 is 2.05 bits per heavy atom. The van der Waals surface area contributed by atoms with Crippen LogP contribution in [0.15, 0.2) is 42.7 Å². The van der Waals surface area contributed by atoms with Crippen LogP contribution in [-0.4, -0.2) is 26.1 Å². The van der Waals surface area contributed by atoms with Crippen LogP contribution >= 0.6 is 0 Å². The summed E-state index contributed by atoms with van der Waals surface area (Å²) in [5.41, 5.74) is 2.01. The molecule has 1 aromatic carbocycles. The molecule has 0 radical (unpaired) electrons. The lowest BCUT2D eigenvalue weighted by Crippen LogP contribution is -2.08. The molecule has 0 amide bonds. The van der Waals surface area contributed by atoms with Crippen LogP contribution in [0.3, 0.4) is 0 Å². The third-order valence-electron chi connectivity index (χ3n) is 3.62. The third-order valence-corrected chi connectivity index (χ3v) is 3.62. The van der Waals surface area contributed by atoms with Gasteiger partial charge in [0.1, 0.15) is 12.1 Å². The van der Waals surface area contributed by atoms with Crippen LogP contribution in [0.2, 0.25) is 0 Å². The summed E-state index contributed by atoms with van der Waals surface area (Å²) in [5, 5.41) is 11.5. The van der Waals surface area contributed by atoms with Crippen LogP contribution in [-0.2, 0) is 0 Å². The second-order valence-corrected chi connectivity index (χ2v) is 5.22. The van der Waals surface area contributed by atoms with Gasteiger partial charge < -0.3 is 5.32 Å². The molecule has 20 heavy (non-hydrogen) atoms. The predicted octanol–water partition coefficient (Wildman–Crippen LogP) is 2.61. The van der Waals surface area contributed by atoms with E-state index in [4.69, 9.17) is 0 Å². The van der Waals surface area contributed by atoms with Crippen molar-refractivity contribution in [3.63, 3.8) is 0 Å². The maximum absolute atomic E-state index is 4.56. The van der Waals surface area contributed by atoms with Crippen LogP contribution in [0.25, 0.3) is 17.0 Å². The van der Waals surface area contributed by atoms with E-state index in [-0.39, 0.29) is 0 Å². The molecule has 1 saturated carbocycles. The molecule has 1 aliphatic carbocycles. The van der Waals surface area contributed by atoms with Crippen molar-refractivity contribution < 1.29 is 0 Å². The van der Waals surface area contributed by atoms with E-state index >= 15 is 0 Å². The highest BCUT2D eigenvalue weighted by Crippen LogP contribution is 2.29. The molecule has 0 aliphatic heterocycles. The Bertz CT molecular complexity index is 730. The number of fused-ring (bicyclic) bond motifs is 1. The highest BCUT2D eigenvalue weighted by Gasteiger charge is 2.21. The van der Waals surface area contributed by atoms with Gasteiger partial charge in [0.05, 0.1) is 5.69 Å². The predicted molar refractivity (Wildman–Crippen MR) is 77.4 cm³/mol. The minimum absolute atomic E-state index is 0.629. The lowest BCUT2D eigenvalue weighted by atomic mass is 10.1. The fourth-order valence-corrected chi connectivity index (χ4v) is 2.28. The molecule has 1 N–H and O–H groups in total. The van der Waals surface area contributed by atoms with Gasteiger partial charge in [-0.2, -0.15) is 0 Å². The maximum atomic E-state index is 4.56. The van der Waals surface area contributed by atoms with Crippen LogP contribution in [0.1, 0.15) is 12.8 Å². The fraction of sp³-hybridized carbons (Fsp3) is 0.267. The summed E-state index contributed by atoms with van der Waals surface area (Å²) in [6.45, 7) is 1.01. The van der Waals surface area contributed by atoms with Crippen LogP contribution in [0.5, 0.6) is 0 Å². The van der Waals surface area contributed by atoms with Gasteiger partial charge in [0.15, 0.2) is 0 Å². The Morgan fingerprint density at radius 1 is 1.20 bits per heavy atom. The number of anilines is 1. The topological polar surface area (TPSA) is 55.1 Å². The van der Waals surface area contributed by atoms with Crippen molar-refractivity contribution in [3.8, 4) is 11.3 Å². The van der Waals surface area contributed by atoms with E-state index in [1.165, 1.54) is 12.8 Å². The standard InChI is InChI=1S/C15H15N5/c1-2-4-12(5-3-1)13-8-14(16-9-11-6-7-11)20-10-17-19-15(20)18-13/h1-5,8,10-11,16H,6-7,9H2. The van der Waals surface area contributed by atoms with Gasteiger partial charge in [-0.3, -0.25) is 4.40 Å². The molecule has 0 spiro atoms. The van der Waals surface area contributed by atoms with Crippen molar-refractivity contribution >= 4 is 11.6 Å². The Labute approximate surface area is 116 Å². The molecular formula is C15H15N5. The smallest absolute Gasteiger partial charge is 0.256 e. The molecule has 1 fully saturated rings. The van der Waals surface area contributed by atoms with Crippen molar-refractivity contribution in [1.29, 1.82) is 0 Å². The average Bonchev–Trinajstić information content (AvgIpc) is 3.21. The van der Waals surface area contributed by atoms with E-state index in [9.17, 15) is 0 Å². The van der Waals surface area contributed by atoms with Crippen molar-refractivity contribution in [3.05, 3.63) is 42.7 Å². The van der Waals surface area contributed by atoms with E-state index in [0.717, 1.165) is 29.5 Å². The third kappa shape index (κ3) is 2.11. The number of benzene rings is 1. The van der Waals surface area contributed by atoms with Crippen LogP contribution in [0.4, 0.5) is 5.82 Å². The van der Waals surface area contributed by atoms with E-state index < -0.39 is 0 Å². The Hall–Kier alpha value is -2.43. The molecule has 0 saturated heterocycles. The van der Waals surface area contributed by atoms with Gasteiger partial charge in [0.2, 0.25) is 0 Å². The molecule has 0 unspecified atom stereocenters. The monoisotopic (exact) mass is 265 g/mol. The maximum Gasteiger partial charge on any atom is 0.256 e. The molecule has 1 aliphatic rings. The van der Waals surface area contributed by atoms with Crippen molar-refractivity contribution in [2.75, 3.05) is 11.9 Å². The average molecular weight is 265 g/mol. The molecule has 2 heterocycles. The second kappa shape index (κ2) is 4.59. The van der Waals surface area contributed by atoms with E-state index in [1.807, 2.05) is 22.6 Å². The first-order valence-corrected chi connectivity index (χ1v) is 6.90. The molecule has 2 aromatic heterocycles. The molecule has 0 bridgehead atoms. The normalized spacial score (nSPS) is 14.6. The molecule has 5 heteroatoms. The summed E-state index contributed by atoms with van der Waals surface area (Å²) in [7, 11) is 0. The van der Waals surface area contributed by atoms with Crippen molar-refractivity contribution in [2.24, 2.45) is 5.92 Å². The number of hydrogen-bond donors (Lipinski definition) is 1. The minimum Gasteiger partial charge on any atom is -0.371 e. The van der Waals surface area contributed by atoms with Crippen LogP contribution < -0.4 is 5.32 Å². The van der Waals surface area contributed by atoms with E-state index in [0.29, 0.717) is 5.78 Å². The van der Waals surface area contributed by atoms with Crippen molar-refractivity contribution in [1.82, 2.24) is 19.6 Å². The first kappa shape index (κ1) is 11.4. The molecule has 4 rings (SSSR count). The highest BCUT2D eigenvalue weighted by molar-refractivity contribution is 5.65. The van der Waals surface area contributed by atoms with Gasteiger partial charge in [-0.1, -0.05) is 30.3 Å². The fourth-order valence-electron chi connectivity index (χ4n) is 2.28. The van der Waals surface area contributed by atoms with Gasteiger partial charge in [-0.25, -0.2) is 4.98 Å². The lowest BCUT2D eigenvalue weighted by Gasteiger charge is -2.10. The molecular weight excluding hydrogens is 250 g/mol. The summed E-state index contributed by atoms with van der Waals surface area (Å²) in [5.74, 6) is 2.45. The molecule has 3 aromatic rings. The van der Waals surface area contributed by atoms with Gasteiger partial charge in [0.25, 0.3) is 5.78 Å².